The first-order chi connectivity index (χ1) is 15.0. The number of piperazine rings is 1. The molecule has 2 aromatic rings. The van der Waals surface area contributed by atoms with E-state index in [2.05, 4.69) is 14.4 Å². The molecule has 2 heterocycles. The highest BCUT2D eigenvalue weighted by Gasteiger charge is 2.27. The predicted octanol–water partition coefficient (Wildman–Crippen LogP) is 3.62. The summed E-state index contributed by atoms with van der Waals surface area (Å²) >= 11 is 0. The second-order valence-electron chi connectivity index (χ2n) is 8.83. The van der Waals surface area contributed by atoms with Gasteiger partial charge in [0.2, 0.25) is 0 Å². The van der Waals surface area contributed by atoms with E-state index in [4.69, 9.17) is 4.74 Å². The summed E-state index contributed by atoms with van der Waals surface area (Å²) in [5.74, 6) is -0.170. The van der Waals surface area contributed by atoms with Crippen molar-refractivity contribution in [2.24, 2.45) is 0 Å². The lowest BCUT2D eigenvalue weighted by Gasteiger charge is -2.37. The largest absolute Gasteiger partial charge is 0.465 e. The molecule has 0 unspecified atom stereocenters. The van der Waals surface area contributed by atoms with Crippen molar-refractivity contribution in [2.75, 3.05) is 39.8 Å². The Balaban J connectivity index is 1.42. The van der Waals surface area contributed by atoms with Gasteiger partial charge in [0, 0.05) is 54.9 Å². The fourth-order valence-corrected chi connectivity index (χ4v) is 5.15. The molecule has 166 valence electrons. The molecular weight excluding hydrogens is 390 g/mol. The van der Waals surface area contributed by atoms with Gasteiger partial charge in [-0.1, -0.05) is 12.8 Å². The SMILES string of the molecule is COC(=O)c1ccc(-n2c(C)cc(C(=O)CN3CCN(C4CCCC4)CC3)c2C)cc1. The monoisotopic (exact) mass is 423 g/mol. The van der Waals surface area contributed by atoms with Crippen LogP contribution in [-0.4, -0.2) is 72.0 Å². The number of esters is 1. The third kappa shape index (κ3) is 4.60. The highest BCUT2D eigenvalue weighted by molar-refractivity contribution is 5.99. The summed E-state index contributed by atoms with van der Waals surface area (Å²) in [7, 11) is 1.38. The Bertz CT molecular complexity index is 934. The normalized spacial score (nSPS) is 18.4. The Labute approximate surface area is 184 Å². The Morgan fingerprint density at radius 3 is 2.26 bits per heavy atom. The fourth-order valence-electron chi connectivity index (χ4n) is 5.15. The van der Waals surface area contributed by atoms with E-state index >= 15 is 0 Å². The van der Waals surface area contributed by atoms with E-state index in [1.807, 2.05) is 32.0 Å². The van der Waals surface area contributed by atoms with Crippen molar-refractivity contribution in [3.05, 3.63) is 52.8 Å². The molecular formula is C25H33N3O3. The summed E-state index contributed by atoms with van der Waals surface area (Å²) in [6, 6.07) is 10.0. The van der Waals surface area contributed by atoms with Gasteiger partial charge in [0.05, 0.1) is 19.2 Å². The maximum Gasteiger partial charge on any atom is 0.337 e. The van der Waals surface area contributed by atoms with Crippen LogP contribution in [0.4, 0.5) is 0 Å². The van der Waals surface area contributed by atoms with Crippen molar-refractivity contribution in [2.45, 2.75) is 45.6 Å². The van der Waals surface area contributed by atoms with Gasteiger partial charge in [-0.25, -0.2) is 4.79 Å². The van der Waals surface area contributed by atoms with Gasteiger partial charge < -0.3 is 9.30 Å². The Hall–Kier alpha value is -2.44. The summed E-state index contributed by atoms with van der Waals surface area (Å²) < 4.78 is 6.85. The zero-order valence-electron chi connectivity index (χ0n) is 18.9. The number of Topliss-reactive ketones (excluding diaryl/α,β-unsaturated/α-hetero) is 1. The van der Waals surface area contributed by atoms with E-state index in [0.717, 1.165) is 54.9 Å². The van der Waals surface area contributed by atoms with Gasteiger partial charge in [-0.3, -0.25) is 14.6 Å². The molecule has 1 aromatic heterocycles. The molecule has 1 aliphatic heterocycles. The van der Waals surface area contributed by atoms with Crippen molar-refractivity contribution in [1.29, 1.82) is 0 Å². The third-order valence-electron chi connectivity index (χ3n) is 6.89. The lowest BCUT2D eigenvalue weighted by Crippen LogP contribution is -2.50. The van der Waals surface area contributed by atoms with Crippen LogP contribution in [0.5, 0.6) is 0 Å². The van der Waals surface area contributed by atoms with E-state index in [9.17, 15) is 9.59 Å². The molecule has 0 N–H and O–H groups in total. The molecule has 4 rings (SSSR count). The number of carbonyl (C=O) groups is 2. The number of benzene rings is 1. The maximum atomic E-state index is 13.1. The third-order valence-corrected chi connectivity index (χ3v) is 6.89. The van der Waals surface area contributed by atoms with Crippen molar-refractivity contribution in [3.63, 3.8) is 0 Å². The Morgan fingerprint density at radius 2 is 1.65 bits per heavy atom. The number of nitrogens with zero attached hydrogens (tertiary/aromatic N) is 3. The number of rotatable bonds is 6. The lowest BCUT2D eigenvalue weighted by molar-refractivity contribution is 0.0600. The minimum absolute atomic E-state index is 0.180. The van der Waals surface area contributed by atoms with Gasteiger partial charge in [-0.05, 0) is 57.0 Å². The minimum atomic E-state index is -0.351. The Morgan fingerprint density at radius 1 is 1.00 bits per heavy atom. The van der Waals surface area contributed by atoms with Crippen molar-refractivity contribution < 1.29 is 14.3 Å². The smallest absolute Gasteiger partial charge is 0.337 e. The molecule has 2 fully saturated rings. The molecule has 2 aliphatic rings. The first-order valence-electron chi connectivity index (χ1n) is 11.3. The second kappa shape index (κ2) is 9.37. The lowest BCUT2D eigenvalue weighted by atomic mass is 10.1. The molecule has 0 amide bonds. The quantitative estimate of drug-likeness (QED) is 0.525. The molecule has 0 spiro atoms. The van der Waals surface area contributed by atoms with E-state index in [0.29, 0.717) is 12.1 Å². The van der Waals surface area contributed by atoms with Crippen LogP contribution >= 0.6 is 0 Å². The van der Waals surface area contributed by atoms with Gasteiger partial charge in [-0.2, -0.15) is 0 Å². The molecule has 1 saturated heterocycles. The number of hydrogen-bond donors (Lipinski definition) is 0. The van der Waals surface area contributed by atoms with Gasteiger partial charge in [0.25, 0.3) is 0 Å². The average molecular weight is 424 g/mol. The van der Waals surface area contributed by atoms with Crippen LogP contribution in [0.2, 0.25) is 0 Å². The molecule has 1 saturated carbocycles. The highest BCUT2D eigenvalue weighted by atomic mass is 16.5. The summed E-state index contributed by atoms with van der Waals surface area (Å²) in [4.78, 5) is 29.7. The van der Waals surface area contributed by atoms with Crippen molar-refractivity contribution in [1.82, 2.24) is 14.4 Å². The molecule has 31 heavy (non-hydrogen) atoms. The average Bonchev–Trinajstić information content (AvgIpc) is 3.42. The van der Waals surface area contributed by atoms with Crippen LogP contribution in [0.15, 0.2) is 30.3 Å². The minimum Gasteiger partial charge on any atom is -0.465 e. The van der Waals surface area contributed by atoms with E-state index in [1.54, 1.807) is 12.1 Å². The number of carbonyl (C=O) groups excluding carboxylic acids is 2. The topological polar surface area (TPSA) is 54.8 Å². The summed E-state index contributed by atoms with van der Waals surface area (Å²) in [5.41, 5.74) is 4.19. The summed E-state index contributed by atoms with van der Waals surface area (Å²) in [6.07, 6.45) is 5.41. The van der Waals surface area contributed by atoms with Gasteiger partial charge >= 0.3 is 5.97 Å². The zero-order valence-corrected chi connectivity index (χ0v) is 18.9. The number of ether oxygens (including phenoxy) is 1. The first kappa shape index (κ1) is 21.8. The van der Waals surface area contributed by atoms with Crippen LogP contribution in [0.1, 0.15) is 57.8 Å². The molecule has 6 nitrogen and oxygen atoms in total. The number of hydrogen-bond acceptors (Lipinski definition) is 5. The van der Waals surface area contributed by atoms with Gasteiger partial charge in [0.1, 0.15) is 0 Å². The number of aromatic nitrogens is 1. The van der Waals surface area contributed by atoms with Gasteiger partial charge in [0.15, 0.2) is 5.78 Å². The molecule has 0 radical (unpaired) electrons. The van der Waals surface area contributed by atoms with Crippen LogP contribution in [0.25, 0.3) is 5.69 Å². The highest BCUT2D eigenvalue weighted by Crippen LogP contribution is 2.25. The molecule has 6 heteroatoms. The molecule has 0 atom stereocenters. The van der Waals surface area contributed by atoms with Gasteiger partial charge in [-0.15, -0.1) is 0 Å². The van der Waals surface area contributed by atoms with E-state index in [1.165, 1.54) is 32.8 Å². The number of ketones is 1. The first-order valence-corrected chi connectivity index (χ1v) is 11.3. The van der Waals surface area contributed by atoms with Crippen LogP contribution < -0.4 is 0 Å². The fraction of sp³-hybridized carbons (Fsp3) is 0.520. The van der Waals surface area contributed by atoms with E-state index < -0.39 is 0 Å². The summed E-state index contributed by atoms with van der Waals surface area (Å²) in [6.45, 7) is 8.56. The van der Waals surface area contributed by atoms with Crippen LogP contribution in [0.3, 0.4) is 0 Å². The number of methoxy groups -OCH3 is 1. The van der Waals surface area contributed by atoms with Crippen molar-refractivity contribution >= 4 is 11.8 Å². The van der Waals surface area contributed by atoms with E-state index in [-0.39, 0.29) is 11.8 Å². The molecule has 1 aromatic carbocycles. The maximum absolute atomic E-state index is 13.1. The predicted molar refractivity (Wildman–Crippen MR) is 121 cm³/mol. The van der Waals surface area contributed by atoms with Crippen molar-refractivity contribution in [3.8, 4) is 5.69 Å². The zero-order chi connectivity index (χ0) is 22.0. The van der Waals surface area contributed by atoms with Crippen LogP contribution in [0, 0.1) is 13.8 Å². The second-order valence-corrected chi connectivity index (χ2v) is 8.83. The number of aryl methyl sites for hydroxylation is 1. The van der Waals surface area contributed by atoms with Crippen LogP contribution in [-0.2, 0) is 4.74 Å². The molecule has 1 aliphatic carbocycles. The standard InChI is InChI=1S/C25H33N3O3/c1-18-16-23(19(2)28(18)22-10-8-20(9-11-22)25(30)31-3)24(29)17-26-12-14-27(15-13-26)21-6-4-5-7-21/h8-11,16,21H,4-7,12-15,17H2,1-3H3. The molecule has 0 bridgehead atoms. The Kier molecular flexibility index (Phi) is 6.58. The summed E-state index contributed by atoms with van der Waals surface area (Å²) in [5, 5.41) is 0.